The minimum atomic E-state index is -4.81. The Kier molecular flexibility index (Phi) is 7.29. The van der Waals surface area contributed by atoms with Crippen molar-refractivity contribution in [1.29, 1.82) is 0 Å². The SMILES string of the molecule is CCC(=O)Nc1cccc(Nc2cc(S(=O)(=O)O)c(N)c3c2C(=O)c2ccccc2C3=O)c1.[Na]. The molecular formula is C23H19N3NaO6S. The molecule has 1 aliphatic carbocycles. The molecule has 0 heterocycles. The number of hydrogen-bond acceptors (Lipinski definition) is 7. The van der Waals surface area contributed by atoms with Gasteiger partial charge in [-0.2, -0.15) is 8.42 Å². The summed E-state index contributed by atoms with van der Waals surface area (Å²) in [4.78, 5) is 37.5. The second-order valence-corrected chi connectivity index (χ2v) is 8.76. The quantitative estimate of drug-likeness (QED) is 0.190. The van der Waals surface area contributed by atoms with E-state index in [2.05, 4.69) is 10.6 Å². The Hall–Kier alpha value is -3.02. The molecule has 0 fully saturated rings. The molecule has 4 rings (SSSR count). The van der Waals surface area contributed by atoms with Crippen LogP contribution in [0, 0.1) is 0 Å². The van der Waals surface area contributed by atoms with Gasteiger partial charge in [-0.1, -0.05) is 37.3 Å². The zero-order chi connectivity index (χ0) is 23.9. The molecule has 9 nitrogen and oxygen atoms in total. The maximum absolute atomic E-state index is 13.3. The number of benzene rings is 3. The summed E-state index contributed by atoms with van der Waals surface area (Å²) in [6.45, 7) is 1.70. The van der Waals surface area contributed by atoms with Crippen LogP contribution < -0.4 is 16.4 Å². The van der Waals surface area contributed by atoms with Crippen molar-refractivity contribution in [2.75, 3.05) is 16.4 Å². The van der Waals surface area contributed by atoms with E-state index >= 15 is 0 Å². The summed E-state index contributed by atoms with van der Waals surface area (Å²) in [6.07, 6.45) is 0.275. The van der Waals surface area contributed by atoms with Crippen molar-refractivity contribution in [3.63, 3.8) is 0 Å². The Bertz CT molecular complexity index is 1450. The number of ketones is 2. The number of hydrogen-bond donors (Lipinski definition) is 4. The van der Waals surface area contributed by atoms with Gasteiger partial charge in [-0.25, -0.2) is 0 Å². The molecule has 1 amide bonds. The second-order valence-electron chi connectivity index (χ2n) is 7.37. The fourth-order valence-corrected chi connectivity index (χ4v) is 4.33. The third-order valence-corrected chi connectivity index (χ3v) is 6.12. The van der Waals surface area contributed by atoms with Crippen LogP contribution in [0.3, 0.4) is 0 Å². The van der Waals surface area contributed by atoms with Crippen LogP contribution in [0.2, 0.25) is 0 Å². The Morgan fingerprint density at radius 1 is 0.941 bits per heavy atom. The summed E-state index contributed by atoms with van der Waals surface area (Å²) >= 11 is 0. The number of anilines is 4. The third kappa shape index (κ3) is 4.63. The minimum Gasteiger partial charge on any atom is -0.397 e. The minimum absolute atomic E-state index is 0. The Labute approximate surface area is 217 Å². The van der Waals surface area contributed by atoms with E-state index in [0.29, 0.717) is 11.4 Å². The van der Waals surface area contributed by atoms with Gasteiger partial charge >= 0.3 is 0 Å². The number of nitrogen functional groups attached to an aromatic ring is 1. The predicted molar refractivity (Wildman–Crippen MR) is 128 cm³/mol. The van der Waals surface area contributed by atoms with Crippen LogP contribution in [0.15, 0.2) is 59.5 Å². The van der Waals surface area contributed by atoms with Crippen molar-refractivity contribution in [1.82, 2.24) is 0 Å². The predicted octanol–water partition coefficient (Wildman–Crippen LogP) is 3.00. The van der Waals surface area contributed by atoms with Crippen LogP contribution in [0.4, 0.5) is 22.7 Å². The van der Waals surface area contributed by atoms with Crippen molar-refractivity contribution >= 4 is 79.9 Å². The number of nitrogens with two attached hydrogens (primary N) is 1. The standard InChI is InChI=1S/C23H19N3O6S.Na/c1-2-18(27)26-13-7-5-6-12(10-13)25-16-11-17(33(30,31)32)21(24)20-19(16)22(28)14-8-3-4-9-15(14)23(20)29;/h3-11,25H,2,24H2,1H3,(H,26,27)(H,30,31,32);. The van der Waals surface area contributed by atoms with E-state index in [1.807, 2.05) is 0 Å². The van der Waals surface area contributed by atoms with Gasteiger partial charge < -0.3 is 16.4 Å². The molecule has 34 heavy (non-hydrogen) atoms. The maximum atomic E-state index is 13.3. The molecule has 3 aromatic rings. The van der Waals surface area contributed by atoms with E-state index in [4.69, 9.17) is 5.73 Å². The van der Waals surface area contributed by atoms with E-state index in [1.165, 1.54) is 12.1 Å². The van der Waals surface area contributed by atoms with Gasteiger partial charge in [0.1, 0.15) is 4.90 Å². The summed E-state index contributed by atoms with van der Waals surface area (Å²) in [5.74, 6) is -1.36. The fraction of sp³-hybridized carbons (Fsp3) is 0.0870. The molecular weight excluding hydrogens is 469 g/mol. The van der Waals surface area contributed by atoms with Gasteiger partial charge in [0, 0.05) is 58.5 Å². The van der Waals surface area contributed by atoms with Crippen molar-refractivity contribution in [2.24, 2.45) is 0 Å². The largest absolute Gasteiger partial charge is 0.397 e. The molecule has 0 unspecified atom stereocenters. The molecule has 5 N–H and O–H groups in total. The number of nitrogens with one attached hydrogen (secondary N) is 2. The van der Waals surface area contributed by atoms with E-state index < -0.39 is 32.3 Å². The number of carbonyl (C=O) groups is 3. The molecule has 0 saturated heterocycles. The van der Waals surface area contributed by atoms with Gasteiger partial charge in [0.25, 0.3) is 10.1 Å². The first-order valence-corrected chi connectivity index (χ1v) is 11.3. The van der Waals surface area contributed by atoms with Crippen LogP contribution in [0.5, 0.6) is 0 Å². The summed E-state index contributed by atoms with van der Waals surface area (Å²) in [5.41, 5.74) is 6.14. The third-order valence-electron chi connectivity index (χ3n) is 5.22. The molecule has 169 valence electrons. The van der Waals surface area contributed by atoms with Gasteiger partial charge in [-0.15, -0.1) is 0 Å². The first-order valence-electron chi connectivity index (χ1n) is 9.91. The Morgan fingerprint density at radius 3 is 2.12 bits per heavy atom. The molecule has 11 heteroatoms. The maximum Gasteiger partial charge on any atom is 0.296 e. The molecule has 0 aromatic heterocycles. The Balaban J connectivity index is 0.00000324. The van der Waals surface area contributed by atoms with Crippen molar-refractivity contribution < 1.29 is 27.4 Å². The summed E-state index contributed by atoms with van der Waals surface area (Å²) in [6, 6.07) is 13.6. The fourth-order valence-electron chi connectivity index (χ4n) is 3.69. The molecule has 0 aliphatic heterocycles. The van der Waals surface area contributed by atoms with Gasteiger partial charge in [0.2, 0.25) is 5.91 Å². The smallest absolute Gasteiger partial charge is 0.296 e. The monoisotopic (exact) mass is 488 g/mol. The summed E-state index contributed by atoms with van der Waals surface area (Å²) in [7, 11) is -4.81. The molecule has 3 aromatic carbocycles. The first kappa shape index (κ1) is 25.6. The number of rotatable bonds is 5. The molecule has 0 atom stereocenters. The topological polar surface area (TPSA) is 156 Å². The normalized spacial score (nSPS) is 12.3. The number of fused-ring (bicyclic) bond motifs is 2. The van der Waals surface area contributed by atoms with Crippen LogP contribution in [-0.2, 0) is 14.9 Å². The van der Waals surface area contributed by atoms with E-state index in [-0.39, 0.29) is 69.8 Å². The first-order chi connectivity index (χ1) is 15.6. The van der Waals surface area contributed by atoms with Crippen LogP contribution in [0.1, 0.15) is 45.2 Å². The summed E-state index contributed by atoms with van der Waals surface area (Å²) < 4.78 is 33.7. The van der Waals surface area contributed by atoms with Crippen LogP contribution in [0.25, 0.3) is 0 Å². The van der Waals surface area contributed by atoms with Gasteiger partial charge in [0.15, 0.2) is 11.6 Å². The number of carbonyl (C=O) groups excluding carboxylic acids is 3. The van der Waals surface area contributed by atoms with E-state index in [1.54, 1.807) is 43.3 Å². The van der Waals surface area contributed by atoms with Gasteiger partial charge in [0.05, 0.1) is 22.5 Å². The molecule has 1 aliphatic rings. The van der Waals surface area contributed by atoms with Gasteiger partial charge in [-0.3, -0.25) is 18.9 Å². The van der Waals surface area contributed by atoms with Crippen LogP contribution >= 0.6 is 0 Å². The molecule has 0 spiro atoms. The van der Waals surface area contributed by atoms with Crippen molar-refractivity contribution in [3.8, 4) is 0 Å². The average molecular weight is 488 g/mol. The average Bonchev–Trinajstić information content (AvgIpc) is 2.77. The van der Waals surface area contributed by atoms with Crippen molar-refractivity contribution in [3.05, 3.63) is 76.9 Å². The van der Waals surface area contributed by atoms with Crippen molar-refractivity contribution in [2.45, 2.75) is 18.2 Å². The van der Waals surface area contributed by atoms with Gasteiger partial charge in [-0.05, 0) is 24.3 Å². The zero-order valence-electron chi connectivity index (χ0n) is 18.4. The molecule has 0 saturated carbocycles. The van der Waals surface area contributed by atoms with E-state index in [9.17, 15) is 27.4 Å². The van der Waals surface area contributed by atoms with E-state index in [0.717, 1.165) is 6.07 Å². The molecule has 0 bridgehead atoms. The summed E-state index contributed by atoms with van der Waals surface area (Å²) in [5, 5.41) is 5.63. The molecule has 1 radical (unpaired) electrons. The van der Waals surface area contributed by atoms with Crippen LogP contribution in [-0.4, -0.2) is 60.0 Å². The Morgan fingerprint density at radius 2 is 1.53 bits per heavy atom. The number of amides is 1. The second kappa shape index (κ2) is 9.69. The zero-order valence-corrected chi connectivity index (χ0v) is 21.2.